The minimum atomic E-state index is -0.387. The largest absolute Gasteiger partial charge is 0.351 e. The number of aromatic nitrogens is 1. The molecule has 0 aliphatic rings. The Morgan fingerprint density at radius 2 is 2.24 bits per heavy atom. The first-order chi connectivity index (χ1) is 8.10. The zero-order valence-electron chi connectivity index (χ0n) is 10.0. The van der Waals surface area contributed by atoms with Crippen molar-refractivity contribution in [3.63, 3.8) is 0 Å². The zero-order chi connectivity index (χ0) is 12.8. The van der Waals surface area contributed by atoms with E-state index < -0.39 is 0 Å². The lowest BCUT2D eigenvalue weighted by Crippen LogP contribution is -2.25. The van der Waals surface area contributed by atoms with Gasteiger partial charge in [0.05, 0.1) is 4.92 Å². The fraction of sp³-hybridized carbons (Fsp3) is 0.545. The summed E-state index contributed by atoms with van der Waals surface area (Å²) in [6, 6.07) is 1.50. The van der Waals surface area contributed by atoms with Crippen LogP contribution in [0.1, 0.15) is 26.7 Å². The van der Waals surface area contributed by atoms with E-state index in [9.17, 15) is 10.1 Å². The minimum absolute atomic E-state index is 0.0531. The van der Waals surface area contributed by atoms with Gasteiger partial charge in [0.25, 0.3) is 0 Å². The predicted molar refractivity (Wildman–Crippen MR) is 71.4 cm³/mol. The van der Waals surface area contributed by atoms with E-state index in [0.29, 0.717) is 10.3 Å². The molecule has 0 spiro atoms. The smallest absolute Gasteiger partial charge is 0.312 e. The van der Waals surface area contributed by atoms with E-state index in [1.54, 1.807) is 6.20 Å². The Bertz CT molecular complexity index is 398. The molecule has 0 saturated carbocycles. The number of halogens is 1. The number of unbranched alkanes of at least 4 members (excludes halogenated alkanes) is 1. The fourth-order valence-electron chi connectivity index (χ4n) is 1.56. The van der Waals surface area contributed by atoms with Crippen molar-refractivity contribution >= 4 is 27.4 Å². The average molecular weight is 302 g/mol. The lowest BCUT2D eigenvalue weighted by molar-refractivity contribution is -0.384. The molecule has 1 heterocycles. The quantitative estimate of drug-likeness (QED) is 0.597. The maximum atomic E-state index is 11.0. The molecular weight excluding hydrogens is 286 g/mol. The Labute approximate surface area is 109 Å². The van der Waals surface area contributed by atoms with E-state index in [-0.39, 0.29) is 10.6 Å². The summed E-state index contributed by atoms with van der Waals surface area (Å²) >= 11 is 3.20. The molecule has 1 aromatic rings. The molecule has 0 radical (unpaired) electrons. The van der Waals surface area contributed by atoms with Gasteiger partial charge in [0.1, 0.15) is 0 Å². The Morgan fingerprint density at radius 1 is 1.53 bits per heavy atom. The Balaban J connectivity index is 3.05. The molecular formula is C11H16BrN3O2. The van der Waals surface area contributed by atoms with Crippen molar-refractivity contribution in [1.29, 1.82) is 0 Å². The summed E-state index contributed by atoms with van der Waals surface area (Å²) in [6.45, 7) is 5.58. The topological polar surface area (TPSA) is 59.3 Å². The maximum Gasteiger partial charge on any atom is 0.312 e. The van der Waals surface area contributed by atoms with Gasteiger partial charge in [0.15, 0.2) is 0 Å². The summed E-state index contributed by atoms with van der Waals surface area (Å²) in [6.07, 6.45) is 3.65. The van der Waals surface area contributed by atoms with E-state index in [0.717, 1.165) is 25.9 Å². The van der Waals surface area contributed by atoms with Gasteiger partial charge in [-0.25, -0.2) is 4.98 Å². The molecule has 0 bridgehead atoms. The molecule has 0 amide bonds. The minimum Gasteiger partial charge on any atom is -0.351 e. The first kappa shape index (κ1) is 13.9. The van der Waals surface area contributed by atoms with E-state index in [1.807, 2.05) is 11.8 Å². The summed E-state index contributed by atoms with van der Waals surface area (Å²) < 4.78 is 0.625. The van der Waals surface area contributed by atoms with Crippen LogP contribution in [-0.2, 0) is 0 Å². The third-order valence-electron chi connectivity index (χ3n) is 2.47. The number of nitro groups is 1. The first-order valence-corrected chi connectivity index (χ1v) is 6.44. The standard InChI is InChI=1S/C11H16BrN3O2/c1-3-5-6-14(4-2)11-10(15(16)17)7-9(12)8-13-11/h7-8H,3-6H2,1-2H3. The van der Waals surface area contributed by atoms with E-state index in [2.05, 4.69) is 27.8 Å². The molecule has 0 N–H and O–H groups in total. The molecule has 6 heteroatoms. The number of rotatable bonds is 6. The van der Waals surface area contributed by atoms with Crippen molar-refractivity contribution in [2.24, 2.45) is 0 Å². The van der Waals surface area contributed by atoms with Crippen LogP contribution < -0.4 is 4.90 Å². The summed E-state index contributed by atoms with van der Waals surface area (Å²) in [5, 5.41) is 11.0. The van der Waals surface area contributed by atoms with E-state index in [1.165, 1.54) is 6.07 Å². The van der Waals surface area contributed by atoms with Crippen LogP contribution in [0.4, 0.5) is 11.5 Å². The van der Waals surface area contributed by atoms with Crippen LogP contribution in [0.25, 0.3) is 0 Å². The van der Waals surface area contributed by atoms with E-state index >= 15 is 0 Å². The molecule has 17 heavy (non-hydrogen) atoms. The molecule has 0 aliphatic carbocycles. The van der Waals surface area contributed by atoms with Gasteiger partial charge in [0.2, 0.25) is 5.82 Å². The van der Waals surface area contributed by atoms with Gasteiger partial charge in [0, 0.05) is 29.8 Å². The van der Waals surface area contributed by atoms with Crippen LogP contribution in [0.3, 0.4) is 0 Å². The van der Waals surface area contributed by atoms with Crippen molar-refractivity contribution in [1.82, 2.24) is 4.98 Å². The number of hydrogen-bond donors (Lipinski definition) is 0. The first-order valence-electron chi connectivity index (χ1n) is 5.65. The Kier molecular flexibility index (Phi) is 5.34. The second-order valence-electron chi connectivity index (χ2n) is 3.69. The number of hydrogen-bond acceptors (Lipinski definition) is 4. The monoisotopic (exact) mass is 301 g/mol. The van der Waals surface area contributed by atoms with Crippen LogP contribution in [0, 0.1) is 10.1 Å². The highest BCUT2D eigenvalue weighted by Crippen LogP contribution is 2.28. The molecule has 0 unspecified atom stereocenters. The highest BCUT2D eigenvalue weighted by atomic mass is 79.9. The highest BCUT2D eigenvalue weighted by molar-refractivity contribution is 9.10. The zero-order valence-corrected chi connectivity index (χ0v) is 11.6. The average Bonchev–Trinajstić information content (AvgIpc) is 2.31. The van der Waals surface area contributed by atoms with Gasteiger partial charge in [-0.15, -0.1) is 0 Å². The van der Waals surface area contributed by atoms with Crippen molar-refractivity contribution in [3.8, 4) is 0 Å². The molecule has 1 rings (SSSR count). The Morgan fingerprint density at radius 3 is 2.76 bits per heavy atom. The van der Waals surface area contributed by atoms with E-state index in [4.69, 9.17) is 0 Å². The van der Waals surface area contributed by atoms with Gasteiger partial charge in [-0.05, 0) is 29.3 Å². The Hall–Kier alpha value is -1.17. The van der Waals surface area contributed by atoms with Gasteiger partial charge < -0.3 is 4.90 Å². The van der Waals surface area contributed by atoms with Crippen LogP contribution in [-0.4, -0.2) is 23.0 Å². The van der Waals surface area contributed by atoms with Crippen LogP contribution in [0.2, 0.25) is 0 Å². The summed E-state index contributed by atoms with van der Waals surface area (Å²) in [5.74, 6) is 0.453. The lowest BCUT2D eigenvalue weighted by atomic mass is 10.3. The van der Waals surface area contributed by atoms with Crippen LogP contribution in [0.15, 0.2) is 16.7 Å². The van der Waals surface area contributed by atoms with Gasteiger partial charge in [-0.2, -0.15) is 0 Å². The van der Waals surface area contributed by atoms with Crippen LogP contribution in [0.5, 0.6) is 0 Å². The number of nitrogens with zero attached hydrogens (tertiary/aromatic N) is 3. The second kappa shape index (κ2) is 6.54. The maximum absolute atomic E-state index is 11.0. The van der Waals surface area contributed by atoms with Gasteiger partial charge >= 0.3 is 5.69 Å². The molecule has 0 saturated heterocycles. The summed E-state index contributed by atoms with van der Waals surface area (Å²) in [7, 11) is 0. The molecule has 0 aliphatic heterocycles. The number of pyridine rings is 1. The number of anilines is 1. The third kappa shape index (κ3) is 3.66. The summed E-state index contributed by atoms with van der Waals surface area (Å²) in [5.41, 5.74) is 0.0531. The highest BCUT2D eigenvalue weighted by Gasteiger charge is 2.20. The van der Waals surface area contributed by atoms with Gasteiger partial charge in [-0.1, -0.05) is 13.3 Å². The van der Waals surface area contributed by atoms with Crippen molar-refractivity contribution in [2.45, 2.75) is 26.7 Å². The molecule has 0 aromatic carbocycles. The molecule has 5 nitrogen and oxygen atoms in total. The second-order valence-corrected chi connectivity index (χ2v) is 4.60. The predicted octanol–water partition coefficient (Wildman–Crippen LogP) is 3.38. The van der Waals surface area contributed by atoms with Crippen LogP contribution >= 0.6 is 15.9 Å². The SMILES string of the molecule is CCCCN(CC)c1ncc(Br)cc1[N+](=O)[O-]. The molecule has 94 valence electrons. The fourth-order valence-corrected chi connectivity index (χ4v) is 1.88. The van der Waals surface area contributed by atoms with Gasteiger partial charge in [-0.3, -0.25) is 10.1 Å². The van der Waals surface area contributed by atoms with Crippen molar-refractivity contribution < 1.29 is 4.92 Å². The normalized spacial score (nSPS) is 10.3. The molecule has 0 atom stereocenters. The molecule has 0 fully saturated rings. The lowest BCUT2D eigenvalue weighted by Gasteiger charge is -2.21. The summed E-state index contributed by atoms with van der Waals surface area (Å²) in [4.78, 5) is 16.7. The molecule has 1 aromatic heterocycles. The van der Waals surface area contributed by atoms with Crippen molar-refractivity contribution in [2.75, 3.05) is 18.0 Å². The van der Waals surface area contributed by atoms with Crippen molar-refractivity contribution in [3.05, 3.63) is 26.9 Å². The third-order valence-corrected chi connectivity index (χ3v) is 2.91.